The van der Waals surface area contributed by atoms with Gasteiger partial charge >= 0.3 is 0 Å². The zero-order chi connectivity index (χ0) is 10.0. The molecule has 0 bridgehead atoms. The molecule has 1 aromatic carbocycles. The van der Waals surface area contributed by atoms with Crippen LogP contribution in [0.25, 0.3) is 0 Å². The van der Waals surface area contributed by atoms with Crippen LogP contribution in [-0.4, -0.2) is 6.04 Å². The molecule has 1 atom stereocenters. The number of hydrogen-bond acceptors (Lipinski definition) is 1. The molecule has 1 heteroatoms. The standard InChI is InChI=1S/C13H19N/c1-11(14)7-8-13(9-10-13)12-5-3-2-4-6-12/h2-6,11H,7-10,14H2,1H3. The molecule has 1 aliphatic rings. The fourth-order valence-electron chi connectivity index (χ4n) is 2.13. The third-order valence-corrected chi connectivity index (χ3v) is 3.32. The van der Waals surface area contributed by atoms with Gasteiger partial charge in [-0.05, 0) is 43.6 Å². The molecule has 0 aliphatic heterocycles. The van der Waals surface area contributed by atoms with Gasteiger partial charge in [0, 0.05) is 6.04 Å². The first-order valence-electron chi connectivity index (χ1n) is 5.54. The summed E-state index contributed by atoms with van der Waals surface area (Å²) in [5, 5.41) is 0. The molecule has 0 heterocycles. The van der Waals surface area contributed by atoms with Gasteiger partial charge in [-0.15, -0.1) is 0 Å². The molecule has 0 amide bonds. The molecule has 1 unspecified atom stereocenters. The summed E-state index contributed by atoms with van der Waals surface area (Å²) in [5.41, 5.74) is 7.81. The van der Waals surface area contributed by atoms with Gasteiger partial charge in [-0.2, -0.15) is 0 Å². The first-order valence-corrected chi connectivity index (χ1v) is 5.54. The Morgan fingerprint density at radius 2 is 1.93 bits per heavy atom. The van der Waals surface area contributed by atoms with Crippen molar-refractivity contribution in [2.24, 2.45) is 5.73 Å². The number of rotatable bonds is 4. The Labute approximate surface area is 86.3 Å². The van der Waals surface area contributed by atoms with Crippen LogP contribution in [0.5, 0.6) is 0 Å². The predicted octanol–water partition coefficient (Wildman–Crippen LogP) is 2.85. The van der Waals surface area contributed by atoms with E-state index in [4.69, 9.17) is 5.73 Å². The summed E-state index contributed by atoms with van der Waals surface area (Å²) in [6, 6.07) is 11.2. The summed E-state index contributed by atoms with van der Waals surface area (Å²) in [6.07, 6.45) is 5.11. The van der Waals surface area contributed by atoms with Gasteiger partial charge in [0.1, 0.15) is 0 Å². The van der Waals surface area contributed by atoms with Gasteiger partial charge in [-0.25, -0.2) is 0 Å². The summed E-state index contributed by atoms with van der Waals surface area (Å²) >= 11 is 0. The molecule has 1 aromatic rings. The van der Waals surface area contributed by atoms with E-state index < -0.39 is 0 Å². The highest BCUT2D eigenvalue weighted by Crippen LogP contribution is 2.51. The molecule has 0 saturated heterocycles. The lowest BCUT2D eigenvalue weighted by molar-refractivity contribution is 0.533. The average molecular weight is 189 g/mol. The molecule has 76 valence electrons. The minimum absolute atomic E-state index is 0.344. The van der Waals surface area contributed by atoms with Crippen molar-refractivity contribution in [3.63, 3.8) is 0 Å². The van der Waals surface area contributed by atoms with Crippen LogP contribution in [0.1, 0.15) is 38.2 Å². The summed E-state index contributed by atoms with van der Waals surface area (Å²) in [4.78, 5) is 0. The van der Waals surface area contributed by atoms with Crippen molar-refractivity contribution in [3.05, 3.63) is 35.9 Å². The highest BCUT2D eigenvalue weighted by molar-refractivity contribution is 5.30. The van der Waals surface area contributed by atoms with Gasteiger partial charge in [-0.3, -0.25) is 0 Å². The van der Waals surface area contributed by atoms with Crippen molar-refractivity contribution in [2.75, 3.05) is 0 Å². The van der Waals surface area contributed by atoms with Crippen molar-refractivity contribution in [1.29, 1.82) is 0 Å². The van der Waals surface area contributed by atoms with Gasteiger partial charge in [0.05, 0.1) is 0 Å². The van der Waals surface area contributed by atoms with Crippen LogP contribution in [0.4, 0.5) is 0 Å². The Balaban J connectivity index is 2.03. The molecule has 1 aliphatic carbocycles. The third-order valence-electron chi connectivity index (χ3n) is 3.32. The maximum atomic E-state index is 5.81. The third kappa shape index (κ3) is 1.98. The van der Waals surface area contributed by atoms with E-state index in [1.807, 2.05) is 0 Å². The Kier molecular flexibility index (Phi) is 2.60. The quantitative estimate of drug-likeness (QED) is 0.774. The van der Waals surface area contributed by atoms with Gasteiger partial charge in [-0.1, -0.05) is 30.3 Å². The second kappa shape index (κ2) is 3.74. The molecular formula is C13H19N. The van der Waals surface area contributed by atoms with Crippen molar-refractivity contribution in [2.45, 2.75) is 44.1 Å². The van der Waals surface area contributed by atoms with Gasteiger partial charge in [0.15, 0.2) is 0 Å². The summed E-state index contributed by atoms with van der Waals surface area (Å²) in [5.74, 6) is 0. The Bertz CT molecular complexity index is 285. The molecule has 1 nitrogen and oxygen atoms in total. The van der Waals surface area contributed by atoms with E-state index in [1.165, 1.54) is 24.8 Å². The lowest BCUT2D eigenvalue weighted by Gasteiger charge is -2.16. The summed E-state index contributed by atoms with van der Waals surface area (Å²) in [7, 11) is 0. The number of nitrogens with two attached hydrogens (primary N) is 1. The molecule has 2 N–H and O–H groups in total. The smallest absolute Gasteiger partial charge is 0.00108 e. The second-order valence-corrected chi connectivity index (χ2v) is 4.66. The van der Waals surface area contributed by atoms with Crippen LogP contribution in [0.2, 0.25) is 0 Å². The fourth-order valence-corrected chi connectivity index (χ4v) is 2.13. The average Bonchev–Trinajstić information content (AvgIpc) is 2.97. The van der Waals surface area contributed by atoms with Crippen molar-refractivity contribution >= 4 is 0 Å². The van der Waals surface area contributed by atoms with E-state index in [2.05, 4.69) is 37.3 Å². The topological polar surface area (TPSA) is 26.0 Å². The predicted molar refractivity (Wildman–Crippen MR) is 60.2 cm³/mol. The minimum Gasteiger partial charge on any atom is -0.328 e. The van der Waals surface area contributed by atoms with E-state index in [9.17, 15) is 0 Å². The van der Waals surface area contributed by atoms with Gasteiger partial charge in [0.2, 0.25) is 0 Å². The van der Waals surface area contributed by atoms with Crippen molar-refractivity contribution < 1.29 is 0 Å². The molecular weight excluding hydrogens is 170 g/mol. The van der Waals surface area contributed by atoms with Gasteiger partial charge < -0.3 is 5.73 Å². The summed E-state index contributed by atoms with van der Waals surface area (Å²) in [6.45, 7) is 2.10. The number of benzene rings is 1. The van der Waals surface area contributed by atoms with Crippen LogP contribution < -0.4 is 5.73 Å². The Morgan fingerprint density at radius 1 is 1.29 bits per heavy atom. The largest absolute Gasteiger partial charge is 0.328 e. The monoisotopic (exact) mass is 189 g/mol. The van der Waals surface area contributed by atoms with E-state index in [-0.39, 0.29) is 0 Å². The van der Waals surface area contributed by atoms with Crippen LogP contribution >= 0.6 is 0 Å². The van der Waals surface area contributed by atoms with Crippen LogP contribution in [0.15, 0.2) is 30.3 Å². The molecule has 2 rings (SSSR count). The van der Waals surface area contributed by atoms with Crippen LogP contribution in [-0.2, 0) is 5.41 Å². The highest BCUT2D eigenvalue weighted by Gasteiger charge is 2.43. The minimum atomic E-state index is 0.344. The molecule has 0 spiro atoms. The lowest BCUT2D eigenvalue weighted by Crippen LogP contribution is -2.18. The van der Waals surface area contributed by atoms with E-state index >= 15 is 0 Å². The molecule has 14 heavy (non-hydrogen) atoms. The first kappa shape index (κ1) is 9.72. The Morgan fingerprint density at radius 3 is 2.43 bits per heavy atom. The Hall–Kier alpha value is -0.820. The van der Waals surface area contributed by atoms with Gasteiger partial charge in [0.25, 0.3) is 0 Å². The van der Waals surface area contributed by atoms with Crippen LogP contribution in [0, 0.1) is 0 Å². The fraction of sp³-hybridized carbons (Fsp3) is 0.538. The maximum absolute atomic E-state index is 5.81. The highest BCUT2D eigenvalue weighted by atomic mass is 14.6. The first-order chi connectivity index (χ1) is 6.73. The SMILES string of the molecule is CC(N)CCC1(c2ccccc2)CC1. The van der Waals surface area contributed by atoms with Crippen molar-refractivity contribution in [3.8, 4) is 0 Å². The lowest BCUT2D eigenvalue weighted by atomic mass is 9.90. The van der Waals surface area contributed by atoms with Crippen molar-refractivity contribution in [1.82, 2.24) is 0 Å². The zero-order valence-corrected chi connectivity index (χ0v) is 8.87. The maximum Gasteiger partial charge on any atom is 0.00108 e. The van der Waals surface area contributed by atoms with E-state index in [1.54, 1.807) is 0 Å². The molecule has 1 fully saturated rings. The molecule has 0 aromatic heterocycles. The van der Waals surface area contributed by atoms with Crippen LogP contribution in [0.3, 0.4) is 0 Å². The normalized spacial score (nSPS) is 20.4. The van der Waals surface area contributed by atoms with E-state index in [0.717, 1.165) is 6.42 Å². The summed E-state index contributed by atoms with van der Waals surface area (Å²) < 4.78 is 0. The number of hydrogen-bond donors (Lipinski definition) is 1. The molecule has 0 radical (unpaired) electrons. The second-order valence-electron chi connectivity index (χ2n) is 4.66. The molecule has 1 saturated carbocycles. The zero-order valence-electron chi connectivity index (χ0n) is 8.87. The van der Waals surface area contributed by atoms with E-state index in [0.29, 0.717) is 11.5 Å².